The lowest BCUT2D eigenvalue weighted by molar-refractivity contribution is 0.0283. The minimum Gasteiger partial charge on any atom is -0.316 e. The molecule has 2 atom stereocenters. The van der Waals surface area contributed by atoms with Crippen LogP contribution in [0.1, 0.15) is 53.9 Å². The molecule has 0 amide bonds. The maximum atomic E-state index is 3.66. The standard InChI is InChI=1S/C17H37N3/c1-7-10-18-13-17(8-2,9-3)14-20-11-15(4)19(6)16(5)12-20/h15-16,18H,7-14H2,1-6H3. The Bertz CT molecular complexity index is 251. The molecule has 3 heteroatoms. The number of rotatable bonds is 8. The van der Waals surface area contributed by atoms with E-state index in [1.165, 1.54) is 45.4 Å². The van der Waals surface area contributed by atoms with Gasteiger partial charge in [-0.2, -0.15) is 0 Å². The Hall–Kier alpha value is -0.120. The predicted molar refractivity (Wildman–Crippen MR) is 89.3 cm³/mol. The predicted octanol–water partition coefficient (Wildman–Crippen LogP) is 2.82. The van der Waals surface area contributed by atoms with E-state index in [0.717, 1.165) is 6.54 Å². The molecule has 1 fully saturated rings. The molecule has 0 bridgehead atoms. The van der Waals surface area contributed by atoms with Crippen LogP contribution in [-0.2, 0) is 0 Å². The molecule has 1 heterocycles. The number of nitrogens with zero attached hydrogens (tertiary/aromatic N) is 2. The van der Waals surface area contributed by atoms with Crippen LogP contribution in [-0.4, -0.2) is 61.7 Å². The minimum atomic E-state index is 0.449. The fourth-order valence-corrected chi connectivity index (χ4v) is 3.43. The Morgan fingerprint density at radius 1 is 1.05 bits per heavy atom. The summed E-state index contributed by atoms with van der Waals surface area (Å²) in [4.78, 5) is 5.22. The molecule has 2 unspecified atom stereocenters. The molecule has 0 spiro atoms. The van der Waals surface area contributed by atoms with Crippen LogP contribution in [0.25, 0.3) is 0 Å². The topological polar surface area (TPSA) is 18.5 Å². The van der Waals surface area contributed by atoms with E-state index in [1.54, 1.807) is 0 Å². The van der Waals surface area contributed by atoms with E-state index in [0.29, 0.717) is 17.5 Å². The first kappa shape index (κ1) is 17.9. The van der Waals surface area contributed by atoms with Gasteiger partial charge in [-0.15, -0.1) is 0 Å². The van der Waals surface area contributed by atoms with Crippen molar-refractivity contribution in [3.8, 4) is 0 Å². The van der Waals surface area contributed by atoms with Gasteiger partial charge < -0.3 is 5.32 Å². The monoisotopic (exact) mass is 283 g/mol. The lowest BCUT2D eigenvalue weighted by Crippen LogP contribution is -2.57. The maximum absolute atomic E-state index is 3.66. The molecule has 0 aromatic heterocycles. The lowest BCUT2D eigenvalue weighted by atomic mass is 9.81. The third kappa shape index (κ3) is 4.71. The van der Waals surface area contributed by atoms with Crippen molar-refractivity contribution in [3.05, 3.63) is 0 Å². The average Bonchev–Trinajstić information content (AvgIpc) is 2.44. The average molecular weight is 284 g/mol. The van der Waals surface area contributed by atoms with Crippen LogP contribution in [0.2, 0.25) is 0 Å². The van der Waals surface area contributed by atoms with Crippen molar-refractivity contribution in [2.45, 2.75) is 66.0 Å². The number of nitrogens with one attached hydrogen (secondary N) is 1. The second-order valence-corrected chi connectivity index (χ2v) is 6.94. The molecule has 0 radical (unpaired) electrons. The van der Waals surface area contributed by atoms with Gasteiger partial charge in [0, 0.05) is 38.3 Å². The quantitative estimate of drug-likeness (QED) is 0.691. The highest BCUT2D eigenvalue weighted by Gasteiger charge is 2.33. The Balaban J connectivity index is 2.60. The number of hydrogen-bond donors (Lipinski definition) is 1. The van der Waals surface area contributed by atoms with Gasteiger partial charge in [0.2, 0.25) is 0 Å². The van der Waals surface area contributed by atoms with Gasteiger partial charge in [-0.3, -0.25) is 9.80 Å². The molecule has 0 aliphatic carbocycles. The molecule has 1 saturated heterocycles. The van der Waals surface area contributed by atoms with E-state index < -0.39 is 0 Å². The van der Waals surface area contributed by atoms with E-state index in [1.807, 2.05) is 0 Å². The van der Waals surface area contributed by atoms with Crippen LogP contribution < -0.4 is 5.32 Å². The van der Waals surface area contributed by atoms with Crippen molar-refractivity contribution in [1.82, 2.24) is 15.1 Å². The molecule has 1 aliphatic heterocycles. The summed E-state index contributed by atoms with van der Waals surface area (Å²) in [6.45, 7) is 17.7. The Morgan fingerprint density at radius 2 is 1.60 bits per heavy atom. The highest BCUT2D eigenvalue weighted by atomic mass is 15.3. The molecule has 0 aromatic carbocycles. The molecule has 0 aromatic rings. The molecule has 20 heavy (non-hydrogen) atoms. The van der Waals surface area contributed by atoms with Crippen molar-refractivity contribution in [2.24, 2.45) is 5.41 Å². The van der Waals surface area contributed by atoms with Crippen LogP contribution in [0.4, 0.5) is 0 Å². The first-order valence-electron chi connectivity index (χ1n) is 8.63. The van der Waals surface area contributed by atoms with Crippen molar-refractivity contribution in [3.63, 3.8) is 0 Å². The van der Waals surface area contributed by atoms with Crippen LogP contribution in [0, 0.1) is 5.41 Å². The van der Waals surface area contributed by atoms with Crippen LogP contribution in [0.3, 0.4) is 0 Å². The largest absolute Gasteiger partial charge is 0.316 e. The van der Waals surface area contributed by atoms with Crippen LogP contribution in [0.5, 0.6) is 0 Å². The van der Waals surface area contributed by atoms with E-state index in [-0.39, 0.29) is 0 Å². The van der Waals surface area contributed by atoms with E-state index in [9.17, 15) is 0 Å². The Morgan fingerprint density at radius 3 is 2.05 bits per heavy atom. The molecule has 1 aliphatic rings. The Kier molecular flexibility index (Phi) is 7.49. The van der Waals surface area contributed by atoms with Gasteiger partial charge >= 0.3 is 0 Å². The molecule has 120 valence electrons. The summed E-state index contributed by atoms with van der Waals surface area (Å²) in [5, 5.41) is 3.66. The summed E-state index contributed by atoms with van der Waals surface area (Å²) in [6.07, 6.45) is 3.77. The SMILES string of the molecule is CCCNCC(CC)(CC)CN1CC(C)N(C)C(C)C1. The summed E-state index contributed by atoms with van der Waals surface area (Å²) < 4.78 is 0. The van der Waals surface area contributed by atoms with Gasteiger partial charge in [0.15, 0.2) is 0 Å². The number of likely N-dealkylation sites (N-methyl/N-ethyl adjacent to an activating group) is 1. The summed E-state index contributed by atoms with van der Waals surface area (Å²) in [6, 6.07) is 1.35. The normalized spacial score (nSPS) is 26.1. The molecule has 3 nitrogen and oxygen atoms in total. The highest BCUT2D eigenvalue weighted by molar-refractivity contribution is 4.89. The van der Waals surface area contributed by atoms with Crippen molar-refractivity contribution < 1.29 is 0 Å². The van der Waals surface area contributed by atoms with Gasteiger partial charge in [0.1, 0.15) is 0 Å². The van der Waals surface area contributed by atoms with Gasteiger partial charge in [-0.05, 0) is 52.1 Å². The fraction of sp³-hybridized carbons (Fsp3) is 1.00. The van der Waals surface area contributed by atoms with Crippen molar-refractivity contribution in [2.75, 3.05) is 39.8 Å². The van der Waals surface area contributed by atoms with E-state index in [4.69, 9.17) is 0 Å². The zero-order chi connectivity index (χ0) is 15.2. The zero-order valence-electron chi connectivity index (χ0n) is 14.7. The zero-order valence-corrected chi connectivity index (χ0v) is 14.7. The van der Waals surface area contributed by atoms with Gasteiger partial charge in [-0.1, -0.05) is 20.8 Å². The molecule has 0 saturated carbocycles. The molecule has 1 rings (SSSR count). The first-order chi connectivity index (χ1) is 9.48. The number of hydrogen-bond acceptors (Lipinski definition) is 3. The molecule has 1 N–H and O–H groups in total. The Labute approximate surface area is 127 Å². The van der Waals surface area contributed by atoms with E-state index in [2.05, 4.69) is 56.8 Å². The minimum absolute atomic E-state index is 0.449. The third-order valence-corrected chi connectivity index (χ3v) is 5.42. The maximum Gasteiger partial charge on any atom is 0.0195 e. The van der Waals surface area contributed by atoms with Gasteiger partial charge in [-0.25, -0.2) is 0 Å². The van der Waals surface area contributed by atoms with Crippen molar-refractivity contribution in [1.29, 1.82) is 0 Å². The summed E-state index contributed by atoms with van der Waals surface area (Å²) in [5.41, 5.74) is 0.449. The van der Waals surface area contributed by atoms with Crippen molar-refractivity contribution >= 4 is 0 Å². The summed E-state index contributed by atoms with van der Waals surface area (Å²) >= 11 is 0. The third-order valence-electron chi connectivity index (χ3n) is 5.42. The van der Waals surface area contributed by atoms with E-state index >= 15 is 0 Å². The van der Waals surface area contributed by atoms with Gasteiger partial charge in [0.25, 0.3) is 0 Å². The summed E-state index contributed by atoms with van der Waals surface area (Å²) in [7, 11) is 2.27. The van der Waals surface area contributed by atoms with Crippen LogP contribution >= 0.6 is 0 Å². The lowest BCUT2D eigenvalue weighted by Gasteiger charge is -2.46. The summed E-state index contributed by atoms with van der Waals surface area (Å²) in [5.74, 6) is 0. The first-order valence-corrected chi connectivity index (χ1v) is 8.63. The van der Waals surface area contributed by atoms with Gasteiger partial charge in [0.05, 0.1) is 0 Å². The number of piperazine rings is 1. The molecular formula is C17H37N3. The molecular weight excluding hydrogens is 246 g/mol. The second kappa shape index (κ2) is 8.35. The van der Waals surface area contributed by atoms with Crippen LogP contribution in [0.15, 0.2) is 0 Å². The fourth-order valence-electron chi connectivity index (χ4n) is 3.43. The smallest absolute Gasteiger partial charge is 0.0195 e. The highest BCUT2D eigenvalue weighted by Crippen LogP contribution is 2.28. The second-order valence-electron chi connectivity index (χ2n) is 6.94.